The van der Waals surface area contributed by atoms with Gasteiger partial charge in [0, 0.05) is 19.0 Å². The number of hydrogen-bond donors (Lipinski definition) is 0. The van der Waals surface area contributed by atoms with Gasteiger partial charge in [0.2, 0.25) is 0 Å². The molecule has 0 N–H and O–H groups in total. The Morgan fingerprint density at radius 1 is 1.19 bits per heavy atom. The van der Waals surface area contributed by atoms with E-state index >= 15 is 0 Å². The summed E-state index contributed by atoms with van der Waals surface area (Å²) < 4.78 is 5.62. The first-order valence-corrected chi connectivity index (χ1v) is 6.36. The van der Waals surface area contributed by atoms with E-state index in [0.717, 1.165) is 38.4 Å². The fourth-order valence-electron chi connectivity index (χ4n) is 1.54. The Hall–Kier alpha value is -0.730. The molecule has 0 unspecified atom stereocenters. The second-order valence-corrected chi connectivity index (χ2v) is 4.02. The molecule has 16 heavy (non-hydrogen) atoms. The van der Waals surface area contributed by atoms with Crippen LogP contribution < -0.4 is 4.74 Å². The van der Waals surface area contributed by atoms with Gasteiger partial charge in [0.1, 0.15) is 5.75 Å². The smallest absolute Gasteiger partial charge is 0.119 e. The van der Waals surface area contributed by atoms with Crippen molar-refractivity contribution < 1.29 is 4.74 Å². The number of nitrogens with zero attached hydrogens (tertiary/aromatic N) is 1. The van der Waals surface area contributed by atoms with Crippen molar-refractivity contribution >= 4 is 11.6 Å². The highest BCUT2D eigenvalue weighted by Gasteiger charge is 2.00. The Morgan fingerprint density at radius 3 is 2.56 bits per heavy atom. The Morgan fingerprint density at radius 2 is 1.94 bits per heavy atom. The Bertz CT molecular complexity index is 266. The van der Waals surface area contributed by atoms with Crippen molar-refractivity contribution in [2.24, 2.45) is 0 Å². The first kappa shape index (κ1) is 13.3. The van der Waals surface area contributed by atoms with E-state index in [2.05, 4.69) is 11.8 Å². The van der Waals surface area contributed by atoms with Gasteiger partial charge in [-0.15, -0.1) is 11.6 Å². The number of alkyl halides is 1. The predicted octanol–water partition coefficient (Wildman–Crippen LogP) is 3.02. The molecular weight excluding hydrogens is 222 g/mol. The lowest BCUT2D eigenvalue weighted by Gasteiger charge is -2.18. The largest absolute Gasteiger partial charge is 0.494 e. The van der Waals surface area contributed by atoms with Crippen molar-refractivity contribution in [2.75, 3.05) is 32.1 Å². The average Bonchev–Trinajstić information content (AvgIpc) is 2.34. The maximum absolute atomic E-state index is 5.71. The number of para-hydroxylation sites is 1. The second kappa shape index (κ2) is 8.43. The van der Waals surface area contributed by atoms with Crippen LogP contribution in [0, 0.1) is 0 Å². The van der Waals surface area contributed by atoms with Crippen LogP contribution >= 0.6 is 11.6 Å². The minimum Gasteiger partial charge on any atom is -0.494 e. The zero-order valence-electron chi connectivity index (χ0n) is 9.86. The van der Waals surface area contributed by atoms with E-state index in [1.165, 1.54) is 0 Å². The molecule has 0 fully saturated rings. The molecule has 90 valence electrons. The van der Waals surface area contributed by atoms with Gasteiger partial charge in [-0.25, -0.2) is 0 Å². The summed E-state index contributed by atoms with van der Waals surface area (Å²) in [5.41, 5.74) is 0. The van der Waals surface area contributed by atoms with Crippen LogP contribution in [0.1, 0.15) is 13.3 Å². The normalized spacial score (nSPS) is 10.7. The maximum atomic E-state index is 5.71. The summed E-state index contributed by atoms with van der Waals surface area (Å²) in [5.74, 6) is 1.65. The van der Waals surface area contributed by atoms with Crippen LogP contribution in [0.4, 0.5) is 0 Å². The minimum atomic E-state index is 0.702. The lowest BCUT2D eigenvalue weighted by molar-refractivity contribution is 0.250. The molecule has 0 aromatic heterocycles. The van der Waals surface area contributed by atoms with Crippen LogP contribution in [0.3, 0.4) is 0 Å². The molecule has 1 aromatic rings. The summed E-state index contributed by atoms with van der Waals surface area (Å²) in [6.07, 6.45) is 1.04. The third-order valence-corrected chi connectivity index (χ3v) is 2.65. The molecule has 0 bridgehead atoms. The molecule has 0 aliphatic carbocycles. The molecule has 0 amide bonds. The molecule has 0 aliphatic rings. The van der Waals surface area contributed by atoms with Crippen molar-refractivity contribution in [3.63, 3.8) is 0 Å². The first-order chi connectivity index (χ1) is 7.86. The van der Waals surface area contributed by atoms with Gasteiger partial charge < -0.3 is 9.64 Å². The van der Waals surface area contributed by atoms with Crippen molar-refractivity contribution in [3.05, 3.63) is 30.3 Å². The molecular formula is C13H20ClNO. The minimum absolute atomic E-state index is 0.702. The van der Waals surface area contributed by atoms with Crippen LogP contribution in [-0.4, -0.2) is 37.0 Å². The Labute approximate surface area is 103 Å². The van der Waals surface area contributed by atoms with E-state index in [9.17, 15) is 0 Å². The maximum Gasteiger partial charge on any atom is 0.119 e. The van der Waals surface area contributed by atoms with Crippen LogP contribution in [0.5, 0.6) is 5.75 Å². The summed E-state index contributed by atoms with van der Waals surface area (Å²) in [6.45, 7) is 5.99. The Balaban J connectivity index is 2.11. The third kappa shape index (κ3) is 5.38. The number of rotatable bonds is 8. The third-order valence-electron chi connectivity index (χ3n) is 2.48. The lowest BCUT2D eigenvalue weighted by Crippen LogP contribution is -2.27. The first-order valence-electron chi connectivity index (χ1n) is 5.83. The van der Waals surface area contributed by atoms with Crippen molar-refractivity contribution in [2.45, 2.75) is 13.3 Å². The van der Waals surface area contributed by atoms with Crippen molar-refractivity contribution in [1.82, 2.24) is 4.90 Å². The highest BCUT2D eigenvalue weighted by molar-refractivity contribution is 6.18. The summed E-state index contributed by atoms with van der Waals surface area (Å²) >= 11 is 5.71. The van der Waals surface area contributed by atoms with Crippen LogP contribution in [0.2, 0.25) is 0 Å². The molecule has 0 saturated carbocycles. The van der Waals surface area contributed by atoms with E-state index in [4.69, 9.17) is 16.3 Å². The molecule has 2 nitrogen and oxygen atoms in total. The molecule has 0 aliphatic heterocycles. The summed E-state index contributed by atoms with van der Waals surface area (Å²) in [7, 11) is 0. The SMILES string of the molecule is CCN(CCCl)CCCOc1ccccc1. The molecule has 0 atom stereocenters. The summed E-state index contributed by atoms with van der Waals surface area (Å²) in [5, 5.41) is 0. The van der Waals surface area contributed by atoms with Gasteiger partial charge in [-0.3, -0.25) is 0 Å². The summed E-state index contributed by atoms with van der Waals surface area (Å²) in [4.78, 5) is 2.33. The van der Waals surface area contributed by atoms with E-state index in [-0.39, 0.29) is 0 Å². The van der Waals surface area contributed by atoms with Gasteiger partial charge in [-0.2, -0.15) is 0 Å². The fourth-order valence-corrected chi connectivity index (χ4v) is 1.78. The Kier molecular flexibility index (Phi) is 7.02. The zero-order valence-corrected chi connectivity index (χ0v) is 10.6. The highest BCUT2D eigenvalue weighted by atomic mass is 35.5. The van der Waals surface area contributed by atoms with Gasteiger partial charge in [0.25, 0.3) is 0 Å². The molecule has 1 rings (SSSR count). The number of halogens is 1. The highest BCUT2D eigenvalue weighted by Crippen LogP contribution is 2.08. The zero-order chi connectivity index (χ0) is 11.6. The number of ether oxygens (including phenoxy) is 1. The van der Waals surface area contributed by atoms with Crippen LogP contribution in [0.15, 0.2) is 30.3 Å². The second-order valence-electron chi connectivity index (χ2n) is 3.64. The van der Waals surface area contributed by atoms with Crippen molar-refractivity contribution in [3.8, 4) is 5.75 Å². The van der Waals surface area contributed by atoms with Crippen LogP contribution in [-0.2, 0) is 0 Å². The van der Waals surface area contributed by atoms with Gasteiger partial charge in [0.05, 0.1) is 6.61 Å². The number of benzene rings is 1. The number of hydrogen-bond acceptors (Lipinski definition) is 2. The van der Waals surface area contributed by atoms with Gasteiger partial charge >= 0.3 is 0 Å². The van der Waals surface area contributed by atoms with Crippen LogP contribution in [0.25, 0.3) is 0 Å². The average molecular weight is 242 g/mol. The molecule has 0 radical (unpaired) electrons. The quantitative estimate of drug-likeness (QED) is 0.513. The van der Waals surface area contributed by atoms with Gasteiger partial charge in [0.15, 0.2) is 0 Å². The summed E-state index contributed by atoms with van der Waals surface area (Å²) in [6, 6.07) is 9.93. The molecule has 1 aromatic carbocycles. The van der Waals surface area contributed by atoms with E-state index in [1.54, 1.807) is 0 Å². The molecule has 0 heterocycles. The van der Waals surface area contributed by atoms with Crippen molar-refractivity contribution in [1.29, 1.82) is 0 Å². The van der Waals surface area contributed by atoms with Gasteiger partial charge in [-0.05, 0) is 25.1 Å². The monoisotopic (exact) mass is 241 g/mol. The van der Waals surface area contributed by atoms with E-state index in [0.29, 0.717) is 5.88 Å². The predicted molar refractivity (Wildman–Crippen MR) is 69.4 cm³/mol. The fraction of sp³-hybridized carbons (Fsp3) is 0.538. The molecule has 0 saturated heterocycles. The van der Waals surface area contributed by atoms with E-state index in [1.807, 2.05) is 30.3 Å². The topological polar surface area (TPSA) is 12.5 Å². The molecule has 0 spiro atoms. The standard InChI is InChI=1S/C13H20ClNO/c1-2-15(11-9-14)10-6-12-16-13-7-4-3-5-8-13/h3-5,7-8H,2,6,9-12H2,1H3. The van der Waals surface area contributed by atoms with E-state index < -0.39 is 0 Å². The molecule has 3 heteroatoms. The lowest BCUT2D eigenvalue weighted by atomic mass is 10.3. The van der Waals surface area contributed by atoms with Gasteiger partial charge in [-0.1, -0.05) is 25.1 Å².